The molecule has 0 bridgehead atoms. The Morgan fingerprint density at radius 1 is 1.36 bits per heavy atom. The predicted octanol–water partition coefficient (Wildman–Crippen LogP) is 0.734. The van der Waals surface area contributed by atoms with E-state index >= 15 is 0 Å². The van der Waals surface area contributed by atoms with Gasteiger partial charge in [0.05, 0.1) is 12.6 Å². The summed E-state index contributed by atoms with van der Waals surface area (Å²) in [6.07, 6.45) is -4.52. The van der Waals surface area contributed by atoms with Crippen molar-refractivity contribution in [2.24, 2.45) is 22.7 Å². The van der Waals surface area contributed by atoms with Gasteiger partial charge in [0.15, 0.2) is 0 Å². The molecule has 4 atom stereocenters. The first-order valence-electron chi connectivity index (χ1n) is 8.03. The minimum Gasteiger partial charge on any atom is -0.396 e. The summed E-state index contributed by atoms with van der Waals surface area (Å²) in [6, 6.07) is -2.32. The van der Waals surface area contributed by atoms with Crippen LogP contribution in [0.5, 0.6) is 0 Å². The fourth-order valence-corrected chi connectivity index (χ4v) is 3.80. The van der Waals surface area contributed by atoms with Crippen LogP contribution in [0, 0.1) is 22.7 Å². The second-order valence-corrected chi connectivity index (χ2v) is 8.12. The standard InChI is InChI=1S/C16H23F3N2O4/c1-14(2,7-23)11(20-13(25)16(17,18)19)12(24)21-5-8-10(9(21)6-22)15(8,3)4/h6,8-11,23H,5,7H2,1-4H3,(H,20,25)/t8-,9+,10-,11+/m0/s1. The molecule has 1 heterocycles. The Hall–Kier alpha value is -1.64. The van der Waals surface area contributed by atoms with Gasteiger partial charge in [0, 0.05) is 12.0 Å². The zero-order valence-corrected chi connectivity index (χ0v) is 14.6. The molecule has 2 N–H and O–H groups in total. The largest absolute Gasteiger partial charge is 0.471 e. The van der Waals surface area contributed by atoms with Gasteiger partial charge in [-0.2, -0.15) is 13.2 Å². The quantitative estimate of drug-likeness (QED) is 0.705. The summed E-state index contributed by atoms with van der Waals surface area (Å²) in [5, 5.41) is 11.2. The Morgan fingerprint density at radius 2 is 1.92 bits per heavy atom. The van der Waals surface area contributed by atoms with E-state index in [2.05, 4.69) is 0 Å². The SMILES string of the molecule is CC(C)(CO)[C@H](NC(=O)C(F)(F)F)C(=O)N1C[C@H]2[C@@H]([C@H]1C=O)C2(C)C. The predicted molar refractivity (Wildman–Crippen MR) is 81.2 cm³/mol. The van der Waals surface area contributed by atoms with Crippen molar-refractivity contribution in [3.05, 3.63) is 0 Å². The molecule has 0 aromatic carbocycles. The number of carbonyl (C=O) groups excluding carboxylic acids is 3. The maximum atomic E-state index is 12.8. The maximum Gasteiger partial charge on any atom is 0.471 e. The lowest BCUT2D eigenvalue weighted by molar-refractivity contribution is -0.176. The molecule has 2 amide bonds. The molecular weight excluding hydrogens is 341 g/mol. The second-order valence-electron chi connectivity index (χ2n) is 8.12. The van der Waals surface area contributed by atoms with E-state index in [-0.39, 0.29) is 23.8 Å². The van der Waals surface area contributed by atoms with Crippen molar-refractivity contribution in [1.29, 1.82) is 0 Å². The normalized spacial score (nSPS) is 29.0. The number of hydrogen-bond donors (Lipinski definition) is 2. The minimum absolute atomic E-state index is 0.0369. The second kappa shape index (κ2) is 5.96. The van der Waals surface area contributed by atoms with Gasteiger partial charge in [-0.15, -0.1) is 0 Å². The molecule has 2 aliphatic rings. The van der Waals surface area contributed by atoms with E-state index in [1.807, 2.05) is 13.8 Å². The topological polar surface area (TPSA) is 86.7 Å². The monoisotopic (exact) mass is 364 g/mol. The van der Waals surface area contributed by atoms with Gasteiger partial charge < -0.3 is 20.1 Å². The van der Waals surface area contributed by atoms with E-state index in [4.69, 9.17) is 0 Å². The van der Waals surface area contributed by atoms with E-state index in [1.54, 1.807) is 5.32 Å². The summed E-state index contributed by atoms with van der Waals surface area (Å²) in [7, 11) is 0. The first-order chi connectivity index (χ1) is 11.3. The van der Waals surface area contributed by atoms with Gasteiger partial charge in [-0.05, 0) is 17.3 Å². The lowest BCUT2D eigenvalue weighted by Gasteiger charge is -2.37. The summed E-state index contributed by atoms with van der Waals surface area (Å²) in [5.74, 6) is -2.97. The van der Waals surface area contributed by atoms with Crippen molar-refractivity contribution in [3.8, 4) is 0 Å². The number of aliphatic hydroxyl groups is 1. The number of fused-ring (bicyclic) bond motifs is 1. The third-order valence-corrected chi connectivity index (χ3v) is 5.65. The molecule has 2 rings (SSSR count). The van der Waals surface area contributed by atoms with Crippen LogP contribution in [-0.4, -0.2) is 59.5 Å². The van der Waals surface area contributed by atoms with Gasteiger partial charge >= 0.3 is 12.1 Å². The Morgan fingerprint density at radius 3 is 2.36 bits per heavy atom. The highest BCUT2D eigenvalue weighted by atomic mass is 19.4. The molecule has 1 aliphatic carbocycles. The molecule has 9 heteroatoms. The van der Waals surface area contributed by atoms with Crippen LogP contribution in [0.2, 0.25) is 0 Å². The molecule has 2 fully saturated rings. The molecule has 142 valence electrons. The van der Waals surface area contributed by atoms with Crippen LogP contribution in [0.3, 0.4) is 0 Å². The Labute approximate surface area is 143 Å². The summed E-state index contributed by atoms with van der Waals surface area (Å²) >= 11 is 0. The zero-order valence-electron chi connectivity index (χ0n) is 14.6. The lowest BCUT2D eigenvalue weighted by atomic mass is 9.83. The van der Waals surface area contributed by atoms with E-state index in [1.165, 1.54) is 18.7 Å². The number of rotatable bonds is 5. The zero-order chi connectivity index (χ0) is 19.4. The number of nitrogens with zero attached hydrogens (tertiary/aromatic N) is 1. The van der Waals surface area contributed by atoms with E-state index in [0.717, 1.165) is 0 Å². The highest BCUT2D eigenvalue weighted by Crippen LogP contribution is 2.64. The minimum atomic E-state index is -5.15. The summed E-state index contributed by atoms with van der Waals surface area (Å²) in [6.45, 7) is 6.34. The fraction of sp³-hybridized carbons (Fsp3) is 0.812. The number of aldehydes is 1. The van der Waals surface area contributed by atoms with Crippen molar-refractivity contribution < 1.29 is 32.7 Å². The van der Waals surface area contributed by atoms with Crippen LogP contribution < -0.4 is 5.32 Å². The fourth-order valence-electron chi connectivity index (χ4n) is 3.80. The summed E-state index contributed by atoms with van der Waals surface area (Å²) in [4.78, 5) is 36.8. The van der Waals surface area contributed by atoms with Gasteiger partial charge in [-0.1, -0.05) is 27.7 Å². The lowest BCUT2D eigenvalue weighted by Crippen LogP contribution is -2.60. The first-order valence-corrected chi connectivity index (χ1v) is 8.03. The maximum absolute atomic E-state index is 12.8. The molecule has 0 spiro atoms. The van der Waals surface area contributed by atoms with Gasteiger partial charge in [0.2, 0.25) is 5.91 Å². The molecule has 0 radical (unpaired) electrons. The number of likely N-dealkylation sites (tertiary alicyclic amines) is 1. The number of alkyl halides is 3. The third kappa shape index (κ3) is 3.26. The van der Waals surface area contributed by atoms with Crippen molar-refractivity contribution in [2.45, 2.75) is 46.0 Å². The smallest absolute Gasteiger partial charge is 0.396 e. The van der Waals surface area contributed by atoms with Crippen LogP contribution in [0.4, 0.5) is 13.2 Å². The van der Waals surface area contributed by atoms with Crippen molar-refractivity contribution in [2.75, 3.05) is 13.2 Å². The highest BCUT2D eigenvalue weighted by molar-refractivity contribution is 5.92. The first kappa shape index (κ1) is 19.7. The summed E-state index contributed by atoms with van der Waals surface area (Å²) < 4.78 is 37.8. The number of nitrogens with one attached hydrogen (secondary N) is 1. The van der Waals surface area contributed by atoms with Crippen molar-refractivity contribution in [1.82, 2.24) is 10.2 Å². The van der Waals surface area contributed by atoms with Gasteiger partial charge in [-0.25, -0.2) is 0 Å². The molecule has 1 saturated heterocycles. The number of halogens is 3. The van der Waals surface area contributed by atoms with E-state index in [9.17, 15) is 32.7 Å². The van der Waals surface area contributed by atoms with Gasteiger partial charge in [-0.3, -0.25) is 9.59 Å². The third-order valence-electron chi connectivity index (χ3n) is 5.65. The molecule has 0 aromatic rings. The van der Waals surface area contributed by atoms with Crippen LogP contribution >= 0.6 is 0 Å². The molecule has 6 nitrogen and oxygen atoms in total. The number of amides is 2. The highest BCUT2D eigenvalue weighted by Gasteiger charge is 2.68. The van der Waals surface area contributed by atoms with Crippen LogP contribution in [0.1, 0.15) is 27.7 Å². The number of carbonyl (C=O) groups is 3. The number of hydrogen-bond acceptors (Lipinski definition) is 4. The molecule has 1 aliphatic heterocycles. The van der Waals surface area contributed by atoms with Crippen LogP contribution in [0.15, 0.2) is 0 Å². The molecular formula is C16H23F3N2O4. The van der Waals surface area contributed by atoms with Gasteiger partial charge in [0.25, 0.3) is 0 Å². The number of aliphatic hydroxyl groups excluding tert-OH is 1. The van der Waals surface area contributed by atoms with Crippen LogP contribution in [0.25, 0.3) is 0 Å². The Kier molecular flexibility index (Phi) is 4.69. The van der Waals surface area contributed by atoms with E-state index in [0.29, 0.717) is 6.29 Å². The van der Waals surface area contributed by atoms with Gasteiger partial charge in [0.1, 0.15) is 12.3 Å². The van der Waals surface area contributed by atoms with Crippen molar-refractivity contribution >= 4 is 18.1 Å². The average Bonchev–Trinajstić information content (AvgIpc) is 2.87. The van der Waals surface area contributed by atoms with Crippen molar-refractivity contribution in [3.63, 3.8) is 0 Å². The molecule has 1 saturated carbocycles. The summed E-state index contributed by atoms with van der Waals surface area (Å²) in [5.41, 5.74) is -1.42. The average molecular weight is 364 g/mol. The molecule has 25 heavy (non-hydrogen) atoms. The van der Waals surface area contributed by atoms with E-state index < -0.39 is 42.1 Å². The Balaban J connectivity index is 2.25. The van der Waals surface area contributed by atoms with Crippen LogP contribution in [-0.2, 0) is 14.4 Å². The molecule has 0 aromatic heterocycles. The Bertz CT molecular complexity index is 588. The molecule has 0 unspecified atom stereocenters. The number of piperidine rings is 1.